The van der Waals surface area contributed by atoms with Gasteiger partial charge < -0.3 is 14.2 Å². The van der Waals surface area contributed by atoms with Gasteiger partial charge in [-0.2, -0.15) is 4.98 Å². The third kappa shape index (κ3) is 3.37. The molecule has 9 nitrogen and oxygen atoms in total. The van der Waals surface area contributed by atoms with Gasteiger partial charge in [0.15, 0.2) is 11.2 Å². The van der Waals surface area contributed by atoms with Crippen molar-refractivity contribution < 1.29 is 4.74 Å². The zero-order valence-electron chi connectivity index (χ0n) is 18.3. The van der Waals surface area contributed by atoms with Crippen LogP contribution in [-0.2, 0) is 24.9 Å². The summed E-state index contributed by atoms with van der Waals surface area (Å²) in [5.74, 6) is 0.720. The van der Waals surface area contributed by atoms with Crippen LogP contribution >= 0.6 is 0 Å². The normalized spacial score (nSPS) is 16.9. The molecule has 164 valence electrons. The Labute approximate surface area is 180 Å². The number of rotatable bonds is 4. The predicted molar refractivity (Wildman–Crippen MR) is 119 cm³/mol. The van der Waals surface area contributed by atoms with Gasteiger partial charge in [0.05, 0.1) is 13.2 Å². The summed E-state index contributed by atoms with van der Waals surface area (Å²) in [6.45, 7) is 9.61. The van der Waals surface area contributed by atoms with E-state index >= 15 is 0 Å². The molecule has 1 aromatic carbocycles. The SMILES string of the molecule is Cc1cc(C)cc(N2CCn3c2nc2c3c(=O)n(CCN3CCOCC3)c(=O)n2C)c1. The van der Waals surface area contributed by atoms with E-state index in [1.54, 1.807) is 7.05 Å². The van der Waals surface area contributed by atoms with Gasteiger partial charge in [-0.25, -0.2) is 4.79 Å². The summed E-state index contributed by atoms with van der Waals surface area (Å²) < 4.78 is 10.2. The van der Waals surface area contributed by atoms with E-state index in [4.69, 9.17) is 9.72 Å². The highest BCUT2D eigenvalue weighted by Gasteiger charge is 2.29. The van der Waals surface area contributed by atoms with Gasteiger partial charge in [0.25, 0.3) is 5.56 Å². The van der Waals surface area contributed by atoms with Gasteiger partial charge >= 0.3 is 5.69 Å². The summed E-state index contributed by atoms with van der Waals surface area (Å²) in [6, 6.07) is 6.39. The van der Waals surface area contributed by atoms with E-state index < -0.39 is 0 Å². The molecule has 0 bridgehead atoms. The standard InChI is InChI=1S/C22H28N6O3/c1-15-12-16(2)14-17(13-15)26-6-7-27-18-19(23-21(26)27)24(3)22(30)28(20(18)29)5-4-25-8-10-31-11-9-25/h12-14H,4-11H2,1-3H3. The van der Waals surface area contributed by atoms with E-state index in [0.29, 0.717) is 44.0 Å². The van der Waals surface area contributed by atoms with Crippen molar-refractivity contribution in [1.82, 2.24) is 23.6 Å². The van der Waals surface area contributed by atoms with Gasteiger partial charge in [-0.15, -0.1) is 0 Å². The van der Waals surface area contributed by atoms with E-state index in [1.807, 2.05) is 4.57 Å². The van der Waals surface area contributed by atoms with Crippen LogP contribution in [0.3, 0.4) is 0 Å². The molecule has 1 saturated heterocycles. The lowest BCUT2D eigenvalue weighted by molar-refractivity contribution is 0.0361. The van der Waals surface area contributed by atoms with Crippen molar-refractivity contribution in [2.24, 2.45) is 7.05 Å². The minimum Gasteiger partial charge on any atom is -0.379 e. The Morgan fingerprint density at radius 2 is 1.68 bits per heavy atom. The molecule has 5 rings (SSSR count). The van der Waals surface area contributed by atoms with Crippen LogP contribution in [0.5, 0.6) is 0 Å². The molecular formula is C22H28N6O3. The summed E-state index contributed by atoms with van der Waals surface area (Å²) in [7, 11) is 1.69. The number of aromatic nitrogens is 4. The molecule has 31 heavy (non-hydrogen) atoms. The average Bonchev–Trinajstić information content (AvgIpc) is 3.31. The largest absolute Gasteiger partial charge is 0.379 e. The first-order valence-electron chi connectivity index (χ1n) is 10.8. The van der Waals surface area contributed by atoms with Gasteiger partial charge in [0.2, 0.25) is 5.95 Å². The molecule has 0 aliphatic carbocycles. The molecule has 2 aliphatic rings. The summed E-state index contributed by atoms with van der Waals surface area (Å²) in [6.07, 6.45) is 0. The van der Waals surface area contributed by atoms with Crippen molar-refractivity contribution >= 4 is 22.8 Å². The molecule has 0 atom stereocenters. The molecule has 3 aromatic rings. The molecule has 0 radical (unpaired) electrons. The average molecular weight is 425 g/mol. The Hall–Kier alpha value is -2.91. The second kappa shape index (κ2) is 7.65. The number of anilines is 2. The lowest BCUT2D eigenvalue weighted by Crippen LogP contribution is -2.44. The van der Waals surface area contributed by atoms with Gasteiger partial charge in [0, 0.05) is 52.0 Å². The second-order valence-corrected chi connectivity index (χ2v) is 8.49. The number of hydrogen-bond acceptors (Lipinski definition) is 6. The maximum absolute atomic E-state index is 13.4. The van der Waals surface area contributed by atoms with Gasteiger partial charge in [-0.05, 0) is 37.1 Å². The Bertz CT molecular complexity index is 1240. The number of aryl methyl sites for hydroxylation is 3. The molecule has 0 saturated carbocycles. The molecule has 0 amide bonds. The van der Waals surface area contributed by atoms with Crippen LogP contribution in [0.2, 0.25) is 0 Å². The predicted octanol–water partition coefficient (Wildman–Crippen LogP) is 0.997. The highest BCUT2D eigenvalue weighted by Crippen LogP contribution is 2.32. The zero-order chi connectivity index (χ0) is 21.7. The maximum Gasteiger partial charge on any atom is 0.332 e. The third-order valence-electron chi connectivity index (χ3n) is 6.26. The van der Waals surface area contributed by atoms with Crippen LogP contribution in [0, 0.1) is 13.8 Å². The van der Waals surface area contributed by atoms with Gasteiger partial charge in [0.1, 0.15) is 0 Å². The molecule has 2 aliphatic heterocycles. The minimum atomic E-state index is -0.319. The fraction of sp³-hybridized carbons (Fsp3) is 0.500. The monoisotopic (exact) mass is 424 g/mol. The number of benzene rings is 1. The molecule has 4 heterocycles. The number of hydrogen-bond donors (Lipinski definition) is 0. The van der Waals surface area contributed by atoms with Crippen molar-refractivity contribution in [3.8, 4) is 0 Å². The Kier molecular flexibility index (Phi) is 4.94. The fourth-order valence-corrected chi connectivity index (χ4v) is 4.69. The Morgan fingerprint density at radius 3 is 2.39 bits per heavy atom. The van der Waals surface area contributed by atoms with Crippen molar-refractivity contribution in [1.29, 1.82) is 0 Å². The van der Waals surface area contributed by atoms with Crippen molar-refractivity contribution in [2.75, 3.05) is 44.3 Å². The lowest BCUT2D eigenvalue weighted by Gasteiger charge is -2.26. The van der Waals surface area contributed by atoms with Crippen molar-refractivity contribution in [3.05, 3.63) is 50.2 Å². The number of ether oxygens (including phenoxy) is 1. The highest BCUT2D eigenvalue weighted by atomic mass is 16.5. The van der Waals surface area contributed by atoms with Crippen LogP contribution < -0.4 is 16.1 Å². The van der Waals surface area contributed by atoms with Crippen LogP contribution in [-0.4, -0.2) is 63.0 Å². The van der Waals surface area contributed by atoms with E-state index in [1.165, 1.54) is 20.3 Å². The first kappa shape index (κ1) is 20.0. The van der Waals surface area contributed by atoms with E-state index in [0.717, 1.165) is 31.3 Å². The smallest absolute Gasteiger partial charge is 0.332 e. The first-order valence-corrected chi connectivity index (χ1v) is 10.8. The molecule has 0 spiro atoms. The summed E-state index contributed by atoms with van der Waals surface area (Å²) in [5, 5.41) is 0. The summed E-state index contributed by atoms with van der Waals surface area (Å²) in [4.78, 5) is 35.4. The van der Waals surface area contributed by atoms with Crippen LogP contribution in [0.1, 0.15) is 11.1 Å². The molecule has 1 fully saturated rings. The van der Waals surface area contributed by atoms with Crippen molar-refractivity contribution in [2.45, 2.75) is 26.9 Å². The molecule has 9 heteroatoms. The van der Waals surface area contributed by atoms with E-state index in [2.05, 4.69) is 41.8 Å². The molecule has 2 aromatic heterocycles. The van der Waals surface area contributed by atoms with Gasteiger partial charge in [-0.3, -0.25) is 18.8 Å². The van der Waals surface area contributed by atoms with E-state index in [9.17, 15) is 9.59 Å². The van der Waals surface area contributed by atoms with Gasteiger partial charge in [-0.1, -0.05) is 6.07 Å². The third-order valence-corrected chi connectivity index (χ3v) is 6.26. The summed E-state index contributed by atoms with van der Waals surface area (Å²) >= 11 is 0. The number of nitrogens with zero attached hydrogens (tertiary/aromatic N) is 6. The lowest BCUT2D eigenvalue weighted by atomic mass is 10.1. The quantitative estimate of drug-likeness (QED) is 0.622. The van der Waals surface area contributed by atoms with Crippen LogP contribution in [0.4, 0.5) is 11.6 Å². The number of imidazole rings is 1. The van der Waals surface area contributed by atoms with Crippen LogP contribution in [0.25, 0.3) is 11.2 Å². The first-order chi connectivity index (χ1) is 14.9. The van der Waals surface area contributed by atoms with Crippen LogP contribution in [0.15, 0.2) is 27.8 Å². The Morgan fingerprint density at radius 1 is 0.968 bits per heavy atom. The van der Waals surface area contributed by atoms with Crippen molar-refractivity contribution in [3.63, 3.8) is 0 Å². The zero-order valence-corrected chi connectivity index (χ0v) is 18.3. The topological polar surface area (TPSA) is 77.5 Å². The molecule has 0 N–H and O–H groups in total. The Balaban J connectivity index is 1.56. The van der Waals surface area contributed by atoms with E-state index in [-0.39, 0.29) is 11.2 Å². The molecule has 0 unspecified atom stereocenters. The summed E-state index contributed by atoms with van der Waals surface area (Å²) in [5.41, 5.74) is 3.80. The fourth-order valence-electron chi connectivity index (χ4n) is 4.69. The minimum absolute atomic E-state index is 0.257. The number of fused-ring (bicyclic) bond motifs is 3. The second-order valence-electron chi connectivity index (χ2n) is 8.49. The number of morpholine rings is 1. The molecular weight excluding hydrogens is 396 g/mol. The highest BCUT2D eigenvalue weighted by molar-refractivity contribution is 5.78. The maximum atomic E-state index is 13.4.